The summed E-state index contributed by atoms with van der Waals surface area (Å²) in [5, 5.41) is 7.44. The van der Waals surface area contributed by atoms with E-state index in [9.17, 15) is 9.59 Å². The summed E-state index contributed by atoms with van der Waals surface area (Å²) in [6, 6.07) is 12.3. The van der Waals surface area contributed by atoms with Gasteiger partial charge in [-0.15, -0.1) is 0 Å². The second-order valence-electron chi connectivity index (χ2n) is 6.64. The minimum absolute atomic E-state index is 0.0262. The molecule has 2 amide bonds. The van der Waals surface area contributed by atoms with E-state index in [0.717, 1.165) is 24.0 Å². The van der Waals surface area contributed by atoms with Crippen molar-refractivity contribution in [1.29, 1.82) is 0 Å². The molecule has 1 aliphatic rings. The number of benzene rings is 2. The van der Waals surface area contributed by atoms with Gasteiger partial charge in [-0.2, -0.15) is 5.10 Å². The zero-order valence-corrected chi connectivity index (χ0v) is 17.6. The minimum atomic E-state index is -0.830. The van der Waals surface area contributed by atoms with Crippen molar-refractivity contribution >= 4 is 41.2 Å². The van der Waals surface area contributed by atoms with Crippen LogP contribution in [0.3, 0.4) is 0 Å². The fourth-order valence-corrected chi connectivity index (χ4v) is 3.22. The summed E-state index contributed by atoms with van der Waals surface area (Å²) in [7, 11) is 0. The lowest BCUT2D eigenvalue weighted by atomic mass is 10.2. The molecular weight excluding hydrogens is 429 g/mol. The molecule has 1 heterocycles. The molecule has 9 heteroatoms. The minimum Gasteiger partial charge on any atom is -0.489 e. The molecule has 30 heavy (non-hydrogen) atoms. The summed E-state index contributed by atoms with van der Waals surface area (Å²) in [5.41, 5.74) is 3.75. The molecule has 7 nitrogen and oxygen atoms in total. The third-order valence-electron chi connectivity index (χ3n) is 4.39. The smallest absolute Gasteiger partial charge is 0.329 e. The Labute approximate surface area is 184 Å². The van der Waals surface area contributed by atoms with Crippen LogP contribution >= 0.6 is 23.2 Å². The molecule has 0 aliphatic carbocycles. The molecule has 0 radical (unpaired) electrons. The molecule has 0 aromatic heterocycles. The first kappa shape index (κ1) is 22.1. The van der Waals surface area contributed by atoms with Crippen LogP contribution in [0, 0.1) is 0 Å². The number of carbonyl (C=O) groups excluding carboxylic acids is 2. The van der Waals surface area contributed by atoms with Crippen LogP contribution < -0.4 is 15.5 Å². The van der Waals surface area contributed by atoms with Gasteiger partial charge in [0.15, 0.2) is 0 Å². The summed E-state index contributed by atoms with van der Waals surface area (Å²) < 4.78 is 11.1. The second-order valence-corrected chi connectivity index (χ2v) is 7.48. The van der Waals surface area contributed by atoms with Crippen LogP contribution in [-0.4, -0.2) is 37.3 Å². The zero-order valence-electron chi connectivity index (χ0n) is 16.1. The predicted octanol–water partition coefficient (Wildman–Crippen LogP) is 3.32. The maximum Gasteiger partial charge on any atom is 0.329 e. The Morgan fingerprint density at radius 1 is 1.17 bits per heavy atom. The Bertz CT molecular complexity index is 913. The summed E-state index contributed by atoms with van der Waals surface area (Å²) in [5.74, 6) is -0.924. The molecular formula is C21H21Cl2N3O4. The van der Waals surface area contributed by atoms with E-state index >= 15 is 0 Å². The molecule has 1 saturated heterocycles. The molecule has 2 aromatic carbocycles. The van der Waals surface area contributed by atoms with Gasteiger partial charge in [0.1, 0.15) is 12.4 Å². The number of amides is 2. The molecule has 0 saturated carbocycles. The summed E-state index contributed by atoms with van der Waals surface area (Å²) in [6.45, 7) is 1.31. The van der Waals surface area contributed by atoms with Gasteiger partial charge >= 0.3 is 11.8 Å². The molecule has 2 N–H and O–H groups in total. The van der Waals surface area contributed by atoms with Crippen LogP contribution in [0.15, 0.2) is 47.6 Å². The first-order valence-electron chi connectivity index (χ1n) is 9.41. The van der Waals surface area contributed by atoms with E-state index in [1.54, 1.807) is 36.4 Å². The highest BCUT2D eigenvalue weighted by atomic mass is 35.5. The van der Waals surface area contributed by atoms with Gasteiger partial charge in [-0.1, -0.05) is 29.3 Å². The lowest BCUT2D eigenvalue weighted by Crippen LogP contribution is -2.41. The van der Waals surface area contributed by atoms with Crippen LogP contribution in [0.5, 0.6) is 5.75 Å². The average molecular weight is 450 g/mol. The van der Waals surface area contributed by atoms with Crippen LogP contribution in [0.25, 0.3) is 0 Å². The fraction of sp³-hybridized carbons (Fsp3) is 0.286. The van der Waals surface area contributed by atoms with Crippen LogP contribution in [0.1, 0.15) is 24.0 Å². The first-order valence-corrected chi connectivity index (χ1v) is 10.2. The summed E-state index contributed by atoms with van der Waals surface area (Å²) in [4.78, 5) is 23.5. The van der Waals surface area contributed by atoms with E-state index in [1.165, 1.54) is 6.21 Å². The number of ether oxygens (including phenoxy) is 2. The van der Waals surface area contributed by atoms with Gasteiger partial charge < -0.3 is 14.8 Å². The van der Waals surface area contributed by atoms with Crippen molar-refractivity contribution in [3.05, 3.63) is 63.6 Å². The van der Waals surface area contributed by atoms with E-state index in [4.69, 9.17) is 32.7 Å². The molecule has 1 aliphatic heterocycles. The molecule has 0 unspecified atom stereocenters. The highest BCUT2D eigenvalue weighted by molar-refractivity contribution is 6.35. The molecule has 1 atom stereocenters. The zero-order chi connectivity index (χ0) is 21.3. The molecule has 1 fully saturated rings. The fourth-order valence-electron chi connectivity index (χ4n) is 2.76. The quantitative estimate of drug-likeness (QED) is 0.385. The van der Waals surface area contributed by atoms with Crippen LogP contribution in [0.2, 0.25) is 10.0 Å². The number of nitrogens with one attached hydrogen (secondary N) is 2. The summed E-state index contributed by atoms with van der Waals surface area (Å²) >= 11 is 12.0. The van der Waals surface area contributed by atoms with Gasteiger partial charge in [0.2, 0.25) is 0 Å². The Kier molecular flexibility index (Phi) is 8.07. The van der Waals surface area contributed by atoms with E-state index < -0.39 is 11.8 Å². The number of halogens is 2. The molecule has 0 spiro atoms. The average Bonchev–Trinajstić information content (AvgIpc) is 3.26. The van der Waals surface area contributed by atoms with Gasteiger partial charge in [0.05, 0.1) is 12.3 Å². The molecule has 3 rings (SSSR count). The van der Waals surface area contributed by atoms with E-state index in [1.807, 2.05) is 6.07 Å². The summed E-state index contributed by atoms with van der Waals surface area (Å²) in [6.07, 6.45) is 3.26. The van der Waals surface area contributed by atoms with Gasteiger partial charge in [-0.05, 0) is 54.8 Å². The van der Waals surface area contributed by atoms with Gasteiger partial charge in [0, 0.05) is 28.8 Å². The maximum atomic E-state index is 11.7. The van der Waals surface area contributed by atoms with E-state index in [2.05, 4.69) is 15.8 Å². The number of nitrogens with zero attached hydrogens (tertiary/aromatic N) is 1. The topological polar surface area (TPSA) is 89.0 Å². The monoisotopic (exact) mass is 449 g/mol. The van der Waals surface area contributed by atoms with Crippen molar-refractivity contribution in [1.82, 2.24) is 10.7 Å². The van der Waals surface area contributed by atoms with Crippen molar-refractivity contribution in [2.24, 2.45) is 5.10 Å². The number of hydrogen-bond acceptors (Lipinski definition) is 5. The second kappa shape index (κ2) is 11.0. The van der Waals surface area contributed by atoms with Crippen molar-refractivity contribution in [2.45, 2.75) is 25.6 Å². The Hall–Kier alpha value is -2.61. The number of hydrazone groups is 1. The highest BCUT2D eigenvalue weighted by Crippen LogP contribution is 2.22. The number of hydrogen-bond donors (Lipinski definition) is 2. The SMILES string of the molecule is O=C(NC[C@@H]1CCCO1)C(=O)N/N=C\c1ccc(OCc2ccc(Cl)cc2Cl)cc1. The van der Waals surface area contributed by atoms with Gasteiger partial charge in [-0.3, -0.25) is 9.59 Å². The van der Waals surface area contributed by atoms with Crippen LogP contribution in [-0.2, 0) is 20.9 Å². The number of rotatable bonds is 7. The Morgan fingerprint density at radius 3 is 2.67 bits per heavy atom. The molecule has 2 aromatic rings. The van der Waals surface area contributed by atoms with Gasteiger partial charge in [-0.25, -0.2) is 5.43 Å². The lowest BCUT2D eigenvalue weighted by Gasteiger charge is -2.09. The third kappa shape index (κ3) is 6.73. The van der Waals surface area contributed by atoms with Crippen molar-refractivity contribution in [2.75, 3.05) is 13.2 Å². The standard InChI is InChI=1S/C21H21Cl2N3O4/c22-16-6-5-15(19(23)10-16)13-30-17-7-3-14(4-8-17)11-25-26-21(28)20(27)24-12-18-2-1-9-29-18/h3-8,10-11,18H,1-2,9,12-13H2,(H,24,27)(H,26,28)/b25-11-/t18-/m0/s1. The highest BCUT2D eigenvalue weighted by Gasteiger charge is 2.18. The van der Waals surface area contributed by atoms with Gasteiger partial charge in [0.25, 0.3) is 0 Å². The van der Waals surface area contributed by atoms with Crippen molar-refractivity contribution in [3.63, 3.8) is 0 Å². The van der Waals surface area contributed by atoms with E-state index in [0.29, 0.717) is 35.6 Å². The Balaban J connectivity index is 1.42. The predicted molar refractivity (Wildman–Crippen MR) is 115 cm³/mol. The lowest BCUT2D eigenvalue weighted by molar-refractivity contribution is -0.139. The molecule has 0 bridgehead atoms. The normalized spacial score (nSPS) is 15.9. The first-order chi connectivity index (χ1) is 14.5. The molecule has 158 valence electrons. The van der Waals surface area contributed by atoms with E-state index in [-0.39, 0.29) is 6.10 Å². The Morgan fingerprint density at radius 2 is 1.97 bits per heavy atom. The maximum absolute atomic E-state index is 11.7. The number of carbonyl (C=O) groups is 2. The largest absolute Gasteiger partial charge is 0.489 e. The third-order valence-corrected chi connectivity index (χ3v) is 4.98. The van der Waals surface area contributed by atoms with Crippen LogP contribution in [0.4, 0.5) is 0 Å². The van der Waals surface area contributed by atoms with Crippen molar-refractivity contribution in [3.8, 4) is 5.75 Å². The van der Waals surface area contributed by atoms with Crippen molar-refractivity contribution < 1.29 is 19.1 Å².